The molecule has 2 aromatic carbocycles. The third kappa shape index (κ3) is 4.79. The third-order valence-corrected chi connectivity index (χ3v) is 4.62. The summed E-state index contributed by atoms with van der Waals surface area (Å²) in [6.45, 7) is 3.01. The molecule has 0 heterocycles. The van der Waals surface area contributed by atoms with E-state index in [-0.39, 0.29) is 16.5 Å². The van der Waals surface area contributed by atoms with Crippen LogP contribution in [0.15, 0.2) is 40.6 Å². The largest absolute Gasteiger partial charge is 0.493 e. The van der Waals surface area contributed by atoms with Crippen LogP contribution in [0.5, 0.6) is 11.5 Å². The number of azo groups is 1. The standard InChI is InChI=1S/C19H19Cl2N3O4/c1-10-12(20)6-5-7-14(10)23-24-16(11(2)25)19(26)22-17-13(21)8-9-15(27-3)18(17)28-4/h5-9,16H,1-4H3,(H,22,26). The molecule has 0 aliphatic rings. The molecule has 0 saturated heterocycles. The molecule has 9 heteroatoms. The van der Waals surface area contributed by atoms with E-state index in [4.69, 9.17) is 32.7 Å². The van der Waals surface area contributed by atoms with Crippen LogP contribution < -0.4 is 14.8 Å². The van der Waals surface area contributed by atoms with Crippen molar-refractivity contribution in [2.24, 2.45) is 10.2 Å². The van der Waals surface area contributed by atoms with E-state index in [1.165, 1.54) is 27.2 Å². The van der Waals surface area contributed by atoms with Crippen molar-refractivity contribution in [1.29, 1.82) is 0 Å². The quantitative estimate of drug-likeness (QED) is 0.501. The number of amides is 1. The van der Waals surface area contributed by atoms with Crippen molar-refractivity contribution >= 4 is 46.3 Å². The molecular weight excluding hydrogens is 405 g/mol. The average molecular weight is 424 g/mol. The normalized spacial score (nSPS) is 11.9. The zero-order valence-electron chi connectivity index (χ0n) is 15.7. The van der Waals surface area contributed by atoms with Crippen LogP contribution >= 0.6 is 23.2 Å². The topological polar surface area (TPSA) is 89.4 Å². The molecule has 148 valence electrons. The Balaban J connectivity index is 2.33. The minimum absolute atomic E-state index is 0.175. The van der Waals surface area contributed by atoms with Crippen molar-refractivity contribution in [3.8, 4) is 11.5 Å². The molecule has 28 heavy (non-hydrogen) atoms. The van der Waals surface area contributed by atoms with Gasteiger partial charge in [-0.3, -0.25) is 9.59 Å². The monoisotopic (exact) mass is 423 g/mol. The van der Waals surface area contributed by atoms with Gasteiger partial charge in [0.15, 0.2) is 17.3 Å². The second-order valence-electron chi connectivity index (χ2n) is 5.76. The molecule has 2 aromatic rings. The molecule has 7 nitrogen and oxygen atoms in total. The highest BCUT2D eigenvalue weighted by molar-refractivity contribution is 6.34. The number of benzene rings is 2. The highest BCUT2D eigenvalue weighted by Gasteiger charge is 2.26. The van der Waals surface area contributed by atoms with Crippen LogP contribution in [-0.2, 0) is 9.59 Å². The maximum atomic E-state index is 12.7. The van der Waals surface area contributed by atoms with E-state index in [0.29, 0.717) is 22.0 Å². The van der Waals surface area contributed by atoms with Crippen molar-refractivity contribution in [3.63, 3.8) is 0 Å². The third-order valence-electron chi connectivity index (χ3n) is 3.90. The van der Waals surface area contributed by atoms with Gasteiger partial charge in [-0.1, -0.05) is 29.3 Å². The second kappa shape index (κ2) is 9.52. The van der Waals surface area contributed by atoms with E-state index >= 15 is 0 Å². The number of carbonyl (C=O) groups excluding carboxylic acids is 2. The fourth-order valence-electron chi connectivity index (χ4n) is 2.35. The van der Waals surface area contributed by atoms with Gasteiger partial charge >= 0.3 is 0 Å². The zero-order chi connectivity index (χ0) is 20.8. The van der Waals surface area contributed by atoms with Crippen LogP contribution in [0, 0.1) is 6.92 Å². The molecule has 0 fully saturated rings. The predicted octanol–water partition coefficient (Wildman–Crippen LogP) is 5.00. The summed E-state index contributed by atoms with van der Waals surface area (Å²) in [7, 11) is 2.87. The lowest BCUT2D eigenvalue weighted by molar-refractivity contribution is -0.126. The van der Waals surface area contributed by atoms with Gasteiger partial charge in [0, 0.05) is 5.02 Å². The molecule has 1 amide bonds. The Morgan fingerprint density at radius 3 is 2.39 bits per heavy atom. The molecule has 0 radical (unpaired) electrons. The van der Waals surface area contributed by atoms with Crippen LogP contribution in [0.4, 0.5) is 11.4 Å². The summed E-state index contributed by atoms with van der Waals surface area (Å²) in [5, 5.41) is 11.2. The first-order valence-corrected chi connectivity index (χ1v) is 8.93. The average Bonchev–Trinajstić information content (AvgIpc) is 2.66. The lowest BCUT2D eigenvalue weighted by Gasteiger charge is -2.16. The first-order valence-electron chi connectivity index (χ1n) is 8.17. The molecular formula is C19H19Cl2N3O4. The lowest BCUT2D eigenvalue weighted by Crippen LogP contribution is -2.32. The number of Topliss-reactive ketones (excluding diaryl/α,β-unsaturated/α-hetero) is 1. The van der Waals surface area contributed by atoms with Gasteiger partial charge in [-0.2, -0.15) is 10.2 Å². The van der Waals surface area contributed by atoms with Gasteiger partial charge < -0.3 is 14.8 Å². The van der Waals surface area contributed by atoms with Crippen molar-refractivity contribution in [1.82, 2.24) is 0 Å². The smallest absolute Gasteiger partial charge is 0.258 e. The summed E-state index contributed by atoms with van der Waals surface area (Å²) < 4.78 is 10.5. The Hall–Kier alpha value is -2.64. The second-order valence-corrected chi connectivity index (χ2v) is 6.57. The Morgan fingerprint density at radius 1 is 1.07 bits per heavy atom. The molecule has 0 aromatic heterocycles. The van der Waals surface area contributed by atoms with Gasteiger partial charge in [-0.05, 0) is 43.7 Å². The van der Waals surface area contributed by atoms with Gasteiger partial charge in [0.2, 0.25) is 6.04 Å². The molecule has 0 bridgehead atoms. The maximum absolute atomic E-state index is 12.7. The summed E-state index contributed by atoms with van der Waals surface area (Å²) in [4.78, 5) is 24.7. The number of nitrogens with zero attached hydrogens (tertiary/aromatic N) is 2. The van der Waals surface area contributed by atoms with Crippen molar-refractivity contribution in [2.45, 2.75) is 19.9 Å². The minimum Gasteiger partial charge on any atom is -0.493 e. The summed E-state index contributed by atoms with van der Waals surface area (Å²) in [5.41, 5.74) is 1.32. The van der Waals surface area contributed by atoms with Crippen molar-refractivity contribution < 1.29 is 19.1 Å². The van der Waals surface area contributed by atoms with E-state index in [9.17, 15) is 9.59 Å². The first-order chi connectivity index (χ1) is 13.3. The molecule has 0 saturated carbocycles. The molecule has 0 spiro atoms. The number of nitrogens with one attached hydrogen (secondary N) is 1. The van der Waals surface area contributed by atoms with Crippen LogP contribution in [0.1, 0.15) is 12.5 Å². The van der Waals surface area contributed by atoms with E-state index in [1.807, 2.05) is 0 Å². The molecule has 0 aliphatic heterocycles. The van der Waals surface area contributed by atoms with Crippen molar-refractivity contribution in [2.75, 3.05) is 19.5 Å². The Morgan fingerprint density at radius 2 is 1.79 bits per heavy atom. The highest BCUT2D eigenvalue weighted by Crippen LogP contribution is 2.40. The fraction of sp³-hybridized carbons (Fsp3) is 0.263. The van der Waals surface area contributed by atoms with Crippen LogP contribution in [0.2, 0.25) is 10.0 Å². The molecule has 0 aliphatic carbocycles. The van der Waals surface area contributed by atoms with Crippen LogP contribution in [0.3, 0.4) is 0 Å². The predicted molar refractivity (Wildman–Crippen MR) is 108 cm³/mol. The summed E-state index contributed by atoms with van der Waals surface area (Å²) >= 11 is 12.2. The molecule has 1 unspecified atom stereocenters. The van der Waals surface area contributed by atoms with Crippen LogP contribution in [0.25, 0.3) is 0 Å². The van der Waals surface area contributed by atoms with E-state index in [1.54, 1.807) is 31.2 Å². The van der Waals surface area contributed by atoms with E-state index < -0.39 is 17.7 Å². The fourth-order valence-corrected chi connectivity index (χ4v) is 2.72. The molecule has 2 rings (SSSR count). The number of methoxy groups -OCH3 is 2. The summed E-state index contributed by atoms with van der Waals surface area (Å²) in [5.74, 6) is -0.589. The summed E-state index contributed by atoms with van der Waals surface area (Å²) in [6, 6.07) is 6.86. The number of hydrogen-bond donors (Lipinski definition) is 1. The Kier molecular flexibility index (Phi) is 7.37. The van der Waals surface area contributed by atoms with Gasteiger partial charge in [0.05, 0.1) is 24.9 Å². The van der Waals surface area contributed by atoms with E-state index in [2.05, 4.69) is 15.5 Å². The Labute approximate surface area is 172 Å². The number of carbonyl (C=O) groups is 2. The van der Waals surface area contributed by atoms with Gasteiger partial charge in [-0.15, -0.1) is 0 Å². The lowest BCUT2D eigenvalue weighted by atomic mass is 10.2. The first kappa shape index (κ1) is 21.7. The number of anilines is 1. The number of ketones is 1. The van der Waals surface area contributed by atoms with Crippen LogP contribution in [-0.4, -0.2) is 32.0 Å². The minimum atomic E-state index is -1.37. The van der Waals surface area contributed by atoms with Gasteiger partial charge in [0.25, 0.3) is 5.91 Å². The molecule has 1 atom stereocenters. The number of hydrogen-bond acceptors (Lipinski definition) is 6. The van der Waals surface area contributed by atoms with E-state index in [0.717, 1.165) is 0 Å². The highest BCUT2D eigenvalue weighted by atomic mass is 35.5. The van der Waals surface area contributed by atoms with Gasteiger partial charge in [-0.25, -0.2) is 0 Å². The SMILES string of the molecule is COc1ccc(Cl)c(NC(=O)C(N=Nc2cccc(Cl)c2C)C(C)=O)c1OC. The summed E-state index contributed by atoms with van der Waals surface area (Å²) in [6.07, 6.45) is 0. The van der Waals surface area contributed by atoms with Gasteiger partial charge in [0.1, 0.15) is 5.69 Å². The Bertz CT molecular complexity index is 932. The zero-order valence-corrected chi connectivity index (χ0v) is 17.3. The molecule has 1 N–H and O–H groups in total. The maximum Gasteiger partial charge on any atom is 0.258 e. The number of rotatable bonds is 7. The number of ether oxygens (including phenoxy) is 2. The number of halogens is 2. The van der Waals surface area contributed by atoms with Crippen molar-refractivity contribution in [3.05, 3.63) is 45.9 Å².